The molecule has 0 aromatic carbocycles. The van der Waals surface area contributed by atoms with Crippen molar-refractivity contribution in [3.63, 3.8) is 0 Å². The van der Waals surface area contributed by atoms with Crippen molar-refractivity contribution in [2.45, 2.75) is 59.8 Å². The summed E-state index contributed by atoms with van der Waals surface area (Å²) in [7, 11) is 0. The van der Waals surface area contributed by atoms with E-state index < -0.39 is 0 Å². The topological polar surface area (TPSA) is 0 Å². The van der Waals surface area contributed by atoms with E-state index >= 15 is 0 Å². The lowest BCUT2D eigenvalue weighted by molar-refractivity contribution is 0.483. The molecule has 0 aromatic rings. The van der Waals surface area contributed by atoms with E-state index in [4.69, 9.17) is 0 Å². The first-order chi connectivity index (χ1) is 7.66. The molecule has 0 radical (unpaired) electrons. The quantitative estimate of drug-likeness (QED) is 0.522. The molecule has 90 valence electrons. The molecule has 0 nitrogen and oxygen atoms in total. The molecule has 16 heavy (non-hydrogen) atoms. The number of allylic oxidation sites excluding steroid dienone is 6. The highest BCUT2D eigenvalue weighted by molar-refractivity contribution is 5.38. The summed E-state index contributed by atoms with van der Waals surface area (Å²) in [6.07, 6.45) is 15.6. The Morgan fingerprint density at radius 1 is 1.00 bits per heavy atom. The average molecular weight is 218 g/mol. The molecule has 0 N–H and O–H groups in total. The molecule has 0 saturated heterocycles. The maximum atomic E-state index is 2.40. The van der Waals surface area contributed by atoms with Crippen LogP contribution in [0.25, 0.3) is 0 Å². The Bertz CT molecular complexity index is 286. The monoisotopic (exact) mass is 218 g/mol. The fourth-order valence-corrected chi connectivity index (χ4v) is 2.70. The molecular weight excluding hydrogens is 192 g/mol. The molecule has 1 aliphatic rings. The number of hydrogen-bond donors (Lipinski definition) is 0. The Kier molecular flexibility index (Phi) is 5.05. The summed E-state index contributed by atoms with van der Waals surface area (Å²) in [6.45, 7) is 9.08. The van der Waals surface area contributed by atoms with Crippen LogP contribution in [0.15, 0.2) is 35.5 Å². The minimum absolute atomic E-state index is 0.255. The van der Waals surface area contributed by atoms with Gasteiger partial charge >= 0.3 is 0 Å². The van der Waals surface area contributed by atoms with Crippen LogP contribution in [-0.2, 0) is 0 Å². The Morgan fingerprint density at radius 2 is 1.62 bits per heavy atom. The van der Waals surface area contributed by atoms with E-state index in [0.717, 1.165) is 0 Å². The van der Waals surface area contributed by atoms with Crippen molar-refractivity contribution in [3.05, 3.63) is 35.5 Å². The maximum absolute atomic E-state index is 2.40. The van der Waals surface area contributed by atoms with E-state index in [1.807, 2.05) is 0 Å². The van der Waals surface area contributed by atoms with Crippen molar-refractivity contribution in [1.29, 1.82) is 0 Å². The highest BCUT2D eigenvalue weighted by atomic mass is 14.3. The van der Waals surface area contributed by atoms with Gasteiger partial charge in [0, 0.05) is 5.41 Å². The molecule has 1 rings (SSSR count). The molecule has 0 spiro atoms. The van der Waals surface area contributed by atoms with Gasteiger partial charge in [0.25, 0.3) is 0 Å². The minimum atomic E-state index is 0.255. The average Bonchev–Trinajstić information content (AvgIpc) is 2.72. The highest BCUT2D eigenvalue weighted by Gasteiger charge is 2.29. The van der Waals surface area contributed by atoms with E-state index in [0.29, 0.717) is 0 Å². The molecule has 0 unspecified atom stereocenters. The lowest BCUT2D eigenvalue weighted by Gasteiger charge is -2.30. The summed E-state index contributed by atoms with van der Waals surface area (Å²) in [5.41, 5.74) is 3.41. The van der Waals surface area contributed by atoms with E-state index in [1.165, 1.54) is 37.7 Å². The molecular formula is C16H26. The van der Waals surface area contributed by atoms with Gasteiger partial charge in [-0.05, 0) is 26.7 Å². The molecule has 0 amide bonds. The SMILES string of the molecule is CCCCC1(C(CCC)=C(C)C)C=CC=C1. The summed E-state index contributed by atoms with van der Waals surface area (Å²) >= 11 is 0. The Morgan fingerprint density at radius 3 is 2.06 bits per heavy atom. The summed E-state index contributed by atoms with van der Waals surface area (Å²) in [5, 5.41) is 0. The molecule has 0 fully saturated rings. The van der Waals surface area contributed by atoms with Crippen LogP contribution in [0.2, 0.25) is 0 Å². The smallest absolute Gasteiger partial charge is 0.0279 e. The van der Waals surface area contributed by atoms with E-state index in [9.17, 15) is 0 Å². The van der Waals surface area contributed by atoms with Crippen LogP contribution in [0.5, 0.6) is 0 Å². The zero-order valence-electron chi connectivity index (χ0n) is 11.3. The normalized spacial score (nSPS) is 16.8. The standard InChI is InChI=1S/C16H26/c1-5-7-11-16(12-8-9-13-16)15(10-6-2)14(3)4/h8-9,12-13H,5-7,10-11H2,1-4H3. The largest absolute Gasteiger partial charge is 0.0760 e. The number of rotatable bonds is 6. The Balaban J connectivity index is 2.96. The van der Waals surface area contributed by atoms with Gasteiger partial charge in [0.05, 0.1) is 0 Å². The number of unbranched alkanes of at least 4 members (excludes halogenated alkanes) is 1. The van der Waals surface area contributed by atoms with Crippen LogP contribution in [0.4, 0.5) is 0 Å². The van der Waals surface area contributed by atoms with Crippen LogP contribution >= 0.6 is 0 Å². The molecule has 0 aromatic heterocycles. The molecule has 1 aliphatic carbocycles. The van der Waals surface area contributed by atoms with Crippen LogP contribution < -0.4 is 0 Å². The lowest BCUT2D eigenvalue weighted by Crippen LogP contribution is -2.18. The predicted octanol–water partition coefficient (Wildman–Crippen LogP) is 5.43. The highest BCUT2D eigenvalue weighted by Crippen LogP contribution is 2.43. The summed E-state index contributed by atoms with van der Waals surface area (Å²) in [4.78, 5) is 0. The van der Waals surface area contributed by atoms with Gasteiger partial charge in [-0.1, -0.05) is 68.6 Å². The summed E-state index contributed by atoms with van der Waals surface area (Å²) < 4.78 is 0. The first kappa shape index (κ1) is 13.3. The second kappa shape index (κ2) is 6.08. The zero-order chi connectivity index (χ0) is 12.0. The van der Waals surface area contributed by atoms with Crippen molar-refractivity contribution < 1.29 is 0 Å². The molecule has 0 saturated carbocycles. The molecule has 0 aliphatic heterocycles. The van der Waals surface area contributed by atoms with Gasteiger partial charge in [0.1, 0.15) is 0 Å². The van der Waals surface area contributed by atoms with Gasteiger partial charge in [0.2, 0.25) is 0 Å². The summed E-state index contributed by atoms with van der Waals surface area (Å²) in [5.74, 6) is 0. The number of hydrogen-bond acceptors (Lipinski definition) is 0. The third kappa shape index (κ3) is 2.87. The van der Waals surface area contributed by atoms with Crippen LogP contribution in [0.1, 0.15) is 59.8 Å². The molecule has 0 atom stereocenters. The third-order valence-electron chi connectivity index (χ3n) is 3.51. The van der Waals surface area contributed by atoms with E-state index in [-0.39, 0.29) is 5.41 Å². The minimum Gasteiger partial charge on any atom is -0.0760 e. The van der Waals surface area contributed by atoms with Gasteiger partial charge in [-0.2, -0.15) is 0 Å². The Labute approximate surface area is 101 Å². The Hall–Kier alpha value is -0.780. The second-order valence-electron chi connectivity index (χ2n) is 5.09. The molecule has 0 heteroatoms. The van der Waals surface area contributed by atoms with Gasteiger partial charge < -0.3 is 0 Å². The fraction of sp³-hybridized carbons (Fsp3) is 0.625. The van der Waals surface area contributed by atoms with Crippen LogP contribution in [0, 0.1) is 5.41 Å². The van der Waals surface area contributed by atoms with Crippen molar-refractivity contribution >= 4 is 0 Å². The molecule has 0 heterocycles. The van der Waals surface area contributed by atoms with Gasteiger partial charge in [-0.25, -0.2) is 0 Å². The third-order valence-corrected chi connectivity index (χ3v) is 3.51. The first-order valence-electron chi connectivity index (χ1n) is 6.70. The zero-order valence-corrected chi connectivity index (χ0v) is 11.3. The van der Waals surface area contributed by atoms with E-state index in [1.54, 1.807) is 5.57 Å². The fourth-order valence-electron chi connectivity index (χ4n) is 2.70. The van der Waals surface area contributed by atoms with Gasteiger partial charge in [-0.15, -0.1) is 0 Å². The van der Waals surface area contributed by atoms with Crippen molar-refractivity contribution in [2.24, 2.45) is 5.41 Å². The second-order valence-corrected chi connectivity index (χ2v) is 5.09. The lowest BCUT2D eigenvalue weighted by atomic mass is 9.74. The molecule has 0 bridgehead atoms. The van der Waals surface area contributed by atoms with Crippen LogP contribution in [-0.4, -0.2) is 0 Å². The van der Waals surface area contributed by atoms with Gasteiger partial charge in [-0.3, -0.25) is 0 Å². The maximum Gasteiger partial charge on any atom is 0.0279 e. The van der Waals surface area contributed by atoms with Crippen molar-refractivity contribution in [3.8, 4) is 0 Å². The summed E-state index contributed by atoms with van der Waals surface area (Å²) in [6, 6.07) is 0. The predicted molar refractivity (Wildman–Crippen MR) is 73.5 cm³/mol. The van der Waals surface area contributed by atoms with Gasteiger partial charge in [0.15, 0.2) is 0 Å². The van der Waals surface area contributed by atoms with Crippen LogP contribution in [0.3, 0.4) is 0 Å². The van der Waals surface area contributed by atoms with E-state index in [2.05, 4.69) is 52.0 Å². The first-order valence-corrected chi connectivity index (χ1v) is 6.70. The van der Waals surface area contributed by atoms with Crippen molar-refractivity contribution in [2.75, 3.05) is 0 Å². The van der Waals surface area contributed by atoms with Crippen molar-refractivity contribution in [1.82, 2.24) is 0 Å².